The Labute approximate surface area is 116 Å². The van der Waals surface area contributed by atoms with Crippen molar-refractivity contribution in [2.45, 2.75) is 6.92 Å². The maximum Gasteiger partial charge on any atom is 0.337 e. The maximum atomic E-state index is 10.8. The molecule has 1 aromatic heterocycles. The van der Waals surface area contributed by atoms with Crippen LogP contribution in [0.3, 0.4) is 0 Å². The van der Waals surface area contributed by atoms with E-state index in [1.165, 1.54) is 18.5 Å². The average molecular weight is 273 g/mol. The topological polar surface area (TPSA) is 68.7 Å². The number of carbonyl (C=O) groups is 1. The van der Waals surface area contributed by atoms with Crippen molar-refractivity contribution in [1.82, 2.24) is 4.98 Å². The van der Waals surface area contributed by atoms with Crippen LogP contribution in [-0.4, -0.2) is 29.3 Å². The van der Waals surface area contributed by atoms with E-state index in [-0.39, 0.29) is 5.56 Å². The number of hydrogen-bond acceptors (Lipinski definition) is 4. The van der Waals surface area contributed by atoms with Gasteiger partial charge in [-0.2, -0.15) is 0 Å². The summed E-state index contributed by atoms with van der Waals surface area (Å²) >= 11 is 0. The van der Waals surface area contributed by atoms with Gasteiger partial charge < -0.3 is 14.6 Å². The van der Waals surface area contributed by atoms with Gasteiger partial charge in [0.2, 0.25) is 0 Å². The van der Waals surface area contributed by atoms with E-state index in [2.05, 4.69) is 4.98 Å². The third kappa shape index (κ3) is 3.71. The smallest absolute Gasteiger partial charge is 0.337 e. The Bertz CT molecular complexity index is 598. The number of hydrogen-bond donors (Lipinski definition) is 1. The number of nitrogens with zero attached hydrogens (tertiary/aromatic N) is 1. The lowest BCUT2D eigenvalue weighted by molar-refractivity contribution is 0.0696. The van der Waals surface area contributed by atoms with Crippen LogP contribution in [0.25, 0.3) is 0 Å². The molecule has 0 saturated heterocycles. The van der Waals surface area contributed by atoms with Crippen LogP contribution in [0.15, 0.2) is 42.7 Å². The van der Waals surface area contributed by atoms with Crippen LogP contribution in [0.2, 0.25) is 0 Å². The Hall–Kier alpha value is -2.56. The molecule has 0 unspecified atom stereocenters. The van der Waals surface area contributed by atoms with Gasteiger partial charge in [0.1, 0.15) is 24.7 Å². The number of aromatic carboxylic acids is 1. The highest BCUT2D eigenvalue weighted by atomic mass is 16.5. The van der Waals surface area contributed by atoms with Gasteiger partial charge >= 0.3 is 5.97 Å². The SMILES string of the molecule is Cc1ccccc1OCCOc1cncc(C(=O)O)c1. The molecule has 0 aliphatic heterocycles. The van der Waals surface area contributed by atoms with E-state index in [1.807, 2.05) is 31.2 Å². The van der Waals surface area contributed by atoms with Crippen molar-refractivity contribution in [3.63, 3.8) is 0 Å². The van der Waals surface area contributed by atoms with E-state index in [9.17, 15) is 4.79 Å². The van der Waals surface area contributed by atoms with Crippen molar-refractivity contribution in [2.75, 3.05) is 13.2 Å². The summed E-state index contributed by atoms with van der Waals surface area (Å²) in [5.41, 5.74) is 1.16. The van der Waals surface area contributed by atoms with E-state index >= 15 is 0 Å². The normalized spacial score (nSPS) is 10.1. The second-order valence-corrected chi connectivity index (χ2v) is 4.18. The number of carboxylic acid groups (broad SMARTS) is 1. The predicted octanol–water partition coefficient (Wildman–Crippen LogP) is 2.55. The van der Waals surface area contributed by atoms with Crippen molar-refractivity contribution >= 4 is 5.97 Å². The van der Waals surface area contributed by atoms with Gasteiger partial charge in [0.05, 0.1) is 11.8 Å². The molecule has 0 radical (unpaired) electrons. The molecule has 0 fully saturated rings. The molecule has 0 amide bonds. The minimum absolute atomic E-state index is 0.0994. The second kappa shape index (κ2) is 6.56. The summed E-state index contributed by atoms with van der Waals surface area (Å²) in [5.74, 6) is 0.200. The van der Waals surface area contributed by atoms with E-state index in [0.29, 0.717) is 19.0 Å². The van der Waals surface area contributed by atoms with Crippen molar-refractivity contribution < 1.29 is 19.4 Å². The summed E-state index contributed by atoms with van der Waals surface area (Å²) in [6.45, 7) is 2.66. The minimum atomic E-state index is -1.03. The van der Waals surface area contributed by atoms with Crippen molar-refractivity contribution in [3.05, 3.63) is 53.9 Å². The van der Waals surface area contributed by atoms with Gasteiger partial charge in [0.25, 0.3) is 0 Å². The Kier molecular flexibility index (Phi) is 4.55. The lowest BCUT2D eigenvalue weighted by Gasteiger charge is -2.10. The van der Waals surface area contributed by atoms with Gasteiger partial charge in [0.15, 0.2) is 0 Å². The summed E-state index contributed by atoms with van der Waals surface area (Å²) in [7, 11) is 0. The molecule has 20 heavy (non-hydrogen) atoms. The third-order valence-corrected chi connectivity index (χ3v) is 2.66. The molecule has 2 aromatic rings. The number of pyridine rings is 1. The monoisotopic (exact) mass is 273 g/mol. The first kappa shape index (κ1) is 13.9. The molecule has 5 heteroatoms. The van der Waals surface area contributed by atoms with Gasteiger partial charge in [-0.3, -0.25) is 4.98 Å². The molecule has 0 bridgehead atoms. The molecule has 0 saturated carbocycles. The minimum Gasteiger partial charge on any atom is -0.490 e. The molecule has 0 atom stereocenters. The summed E-state index contributed by atoms with van der Waals surface area (Å²) < 4.78 is 11.0. The van der Waals surface area contributed by atoms with Crippen LogP contribution >= 0.6 is 0 Å². The highest BCUT2D eigenvalue weighted by molar-refractivity contribution is 5.87. The number of aromatic nitrogens is 1. The van der Waals surface area contributed by atoms with Crippen LogP contribution < -0.4 is 9.47 Å². The highest BCUT2D eigenvalue weighted by Gasteiger charge is 2.05. The molecule has 5 nitrogen and oxygen atoms in total. The van der Waals surface area contributed by atoms with Crippen LogP contribution in [0, 0.1) is 6.92 Å². The summed E-state index contributed by atoms with van der Waals surface area (Å²) in [6, 6.07) is 9.15. The fourth-order valence-corrected chi connectivity index (χ4v) is 1.64. The van der Waals surface area contributed by atoms with Gasteiger partial charge in [-0.15, -0.1) is 0 Å². The van der Waals surface area contributed by atoms with Gasteiger partial charge in [-0.1, -0.05) is 18.2 Å². The molecule has 104 valence electrons. The van der Waals surface area contributed by atoms with E-state index in [1.54, 1.807) is 0 Å². The lowest BCUT2D eigenvalue weighted by Crippen LogP contribution is -2.10. The quantitative estimate of drug-likeness (QED) is 0.819. The zero-order valence-electron chi connectivity index (χ0n) is 11.1. The first-order chi connectivity index (χ1) is 9.66. The lowest BCUT2D eigenvalue weighted by atomic mass is 10.2. The van der Waals surface area contributed by atoms with Gasteiger partial charge in [-0.05, 0) is 24.6 Å². The predicted molar refractivity (Wildman–Crippen MR) is 73.4 cm³/mol. The highest BCUT2D eigenvalue weighted by Crippen LogP contribution is 2.16. The number of rotatable bonds is 6. The largest absolute Gasteiger partial charge is 0.490 e. The van der Waals surface area contributed by atoms with Crippen LogP contribution in [0.5, 0.6) is 11.5 Å². The Morgan fingerprint density at radius 1 is 1.20 bits per heavy atom. The molecule has 0 aliphatic carbocycles. The second-order valence-electron chi connectivity index (χ2n) is 4.18. The summed E-state index contributed by atoms with van der Waals surface area (Å²) in [5, 5.41) is 8.84. The van der Waals surface area contributed by atoms with Gasteiger partial charge in [-0.25, -0.2) is 4.79 Å². The Morgan fingerprint density at radius 2 is 1.95 bits per heavy atom. The maximum absolute atomic E-state index is 10.8. The molecule has 1 aromatic carbocycles. The Balaban J connectivity index is 1.83. The molecular weight excluding hydrogens is 258 g/mol. The molecule has 2 rings (SSSR count). The first-order valence-corrected chi connectivity index (χ1v) is 6.16. The molecule has 0 spiro atoms. The number of aryl methyl sites for hydroxylation is 1. The molecule has 1 heterocycles. The average Bonchev–Trinajstić information content (AvgIpc) is 2.45. The molecule has 0 aliphatic rings. The molecular formula is C15H15NO4. The van der Waals surface area contributed by atoms with Crippen LogP contribution in [-0.2, 0) is 0 Å². The molecule has 1 N–H and O–H groups in total. The summed E-state index contributed by atoms with van der Waals surface area (Å²) in [6.07, 6.45) is 2.75. The number of para-hydroxylation sites is 1. The van der Waals surface area contributed by atoms with Gasteiger partial charge in [0, 0.05) is 6.20 Å². The number of ether oxygens (including phenoxy) is 2. The number of benzene rings is 1. The first-order valence-electron chi connectivity index (χ1n) is 6.16. The van der Waals surface area contributed by atoms with Crippen LogP contribution in [0.1, 0.15) is 15.9 Å². The fourth-order valence-electron chi connectivity index (χ4n) is 1.64. The third-order valence-electron chi connectivity index (χ3n) is 2.66. The van der Waals surface area contributed by atoms with Crippen molar-refractivity contribution in [2.24, 2.45) is 0 Å². The van der Waals surface area contributed by atoms with Crippen molar-refractivity contribution in [1.29, 1.82) is 0 Å². The van der Waals surface area contributed by atoms with Crippen LogP contribution in [0.4, 0.5) is 0 Å². The van der Waals surface area contributed by atoms with E-state index < -0.39 is 5.97 Å². The van der Waals surface area contributed by atoms with Crippen molar-refractivity contribution in [3.8, 4) is 11.5 Å². The zero-order chi connectivity index (χ0) is 14.4. The number of carboxylic acids is 1. The van der Waals surface area contributed by atoms with E-state index in [0.717, 1.165) is 11.3 Å². The summed E-state index contributed by atoms with van der Waals surface area (Å²) in [4.78, 5) is 14.6. The fraction of sp³-hybridized carbons (Fsp3) is 0.200. The standard InChI is InChI=1S/C15H15NO4/c1-11-4-2-3-5-14(11)20-7-6-19-13-8-12(15(17)18)9-16-10-13/h2-5,8-10H,6-7H2,1H3,(H,17,18). The van der Waals surface area contributed by atoms with E-state index in [4.69, 9.17) is 14.6 Å². The Morgan fingerprint density at radius 3 is 2.70 bits per heavy atom. The zero-order valence-corrected chi connectivity index (χ0v) is 11.1.